The van der Waals surface area contributed by atoms with Gasteiger partial charge in [0, 0.05) is 18.8 Å². The van der Waals surface area contributed by atoms with Crippen molar-refractivity contribution in [3.05, 3.63) is 33.5 Å². The second-order valence-corrected chi connectivity index (χ2v) is 7.19. The van der Waals surface area contributed by atoms with Gasteiger partial charge in [-0.15, -0.1) is 11.8 Å². The van der Waals surface area contributed by atoms with Crippen molar-refractivity contribution >= 4 is 41.5 Å². The van der Waals surface area contributed by atoms with Crippen LogP contribution in [0.2, 0.25) is 0 Å². The topological polar surface area (TPSA) is 75.4 Å². The summed E-state index contributed by atoms with van der Waals surface area (Å²) in [7, 11) is 1.81. The fourth-order valence-corrected chi connectivity index (χ4v) is 4.85. The van der Waals surface area contributed by atoms with E-state index in [-0.39, 0.29) is 17.0 Å². The predicted octanol–water partition coefficient (Wildman–Crippen LogP) is 1.73. The Labute approximate surface area is 129 Å². The molecule has 0 spiro atoms. The normalized spacial score (nSPS) is 22.8. The lowest BCUT2D eigenvalue weighted by molar-refractivity contribution is -0.141. The van der Waals surface area contributed by atoms with Crippen LogP contribution in [0, 0.1) is 0 Å². The Balaban J connectivity index is 1.89. The summed E-state index contributed by atoms with van der Waals surface area (Å²) in [6.07, 6.45) is 5.27. The molecule has 1 saturated heterocycles. The summed E-state index contributed by atoms with van der Waals surface area (Å²) in [4.78, 5) is 25.0. The van der Waals surface area contributed by atoms with E-state index in [1.165, 1.54) is 28.4 Å². The van der Waals surface area contributed by atoms with Crippen molar-refractivity contribution in [3.8, 4) is 0 Å². The number of aryl methyl sites for hydroxylation is 1. The van der Waals surface area contributed by atoms with Crippen LogP contribution in [-0.4, -0.2) is 42.8 Å². The molecular weight excluding hydrogens is 310 g/mol. The van der Waals surface area contributed by atoms with Crippen molar-refractivity contribution in [2.75, 3.05) is 5.75 Å². The molecule has 3 rings (SSSR count). The van der Waals surface area contributed by atoms with Crippen molar-refractivity contribution in [2.24, 2.45) is 7.05 Å². The van der Waals surface area contributed by atoms with E-state index in [0.29, 0.717) is 9.81 Å². The van der Waals surface area contributed by atoms with Crippen molar-refractivity contribution in [1.82, 2.24) is 14.7 Å². The van der Waals surface area contributed by atoms with Crippen LogP contribution in [0.5, 0.6) is 0 Å². The van der Waals surface area contributed by atoms with Gasteiger partial charge < -0.3 is 5.11 Å². The summed E-state index contributed by atoms with van der Waals surface area (Å²) in [5, 5.41) is 13.2. The molecule has 1 aromatic rings. The van der Waals surface area contributed by atoms with Gasteiger partial charge in [-0.1, -0.05) is 18.7 Å². The summed E-state index contributed by atoms with van der Waals surface area (Å²) in [5.74, 6) is -0.509. The minimum Gasteiger partial charge on any atom is -0.477 e. The number of carbonyl (C=O) groups is 2. The molecule has 2 aliphatic rings. The molecule has 0 unspecified atom stereocenters. The Kier molecular flexibility index (Phi) is 3.58. The number of amides is 1. The average Bonchev–Trinajstić information content (AvgIpc) is 2.98. The number of β-lactam (4-membered cyclic amide) rings is 1. The van der Waals surface area contributed by atoms with E-state index in [4.69, 9.17) is 0 Å². The van der Waals surface area contributed by atoms with E-state index >= 15 is 0 Å². The number of hydrogen-bond acceptors (Lipinski definition) is 5. The molecule has 1 N–H and O–H groups in total. The summed E-state index contributed by atoms with van der Waals surface area (Å²) < 4.78 is 2.37. The molecule has 1 amide bonds. The second-order valence-electron chi connectivity index (χ2n) is 4.57. The largest absolute Gasteiger partial charge is 0.477 e. The lowest BCUT2D eigenvalue weighted by atomic mass is 10.0. The number of thioether (sulfide) groups is 2. The summed E-state index contributed by atoms with van der Waals surface area (Å²) in [6, 6.07) is 0. The van der Waals surface area contributed by atoms with Crippen molar-refractivity contribution in [3.63, 3.8) is 0 Å². The lowest BCUT2D eigenvalue weighted by Gasteiger charge is -2.36. The maximum absolute atomic E-state index is 12.2. The third-order valence-electron chi connectivity index (χ3n) is 3.14. The molecule has 0 saturated carbocycles. The maximum atomic E-state index is 12.2. The van der Waals surface area contributed by atoms with Gasteiger partial charge in [-0.2, -0.15) is 5.10 Å². The highest BCUT2D eigenvalue weighted by Crippen LogP contribution is 2.52. The van der Waals surface area contributed by atoms with Crippen LogP contribution >= 0.6 is 23.5 Å². The number of hydrogen-bond donors (Lipinski definition) is 1. The van der Waals surface area contributed by atoms with Crippen LogP contribution in [-0.2, 0) is 16.6 Å². The van der Waals surface area contributed by atoms with Gasteiger partial charge in [-0.25, -0.2) is 4.79 Å². The smallest absolute Gasteiger partial charge is 0.354 e. The standard InChI is InChI=1S/C13H13N3O3S2/c1-3-20-13-9(12(18)19)16-10(17)8(11(16)21-13)4-7-5-14-15(2)6-7/h4-6,11H,3H2,1-2H3,(H,18,19)/t11-/m0/s1. The Morgan fingerprint density at radius 1 is 1.62 bits per heavy atom. The van der Waals surface area contributed by atoms with E-state index in [9.17, 15) is 14.7 Å². The van der Waals surface area contributed by atoms with Gasteiger partial charge >= 0.3 is 5.97 Å². The first-order valence-corrected chi connectivity index (χ1v) is 8.20. The molecule has 110 valence electrons. The predicted molar refractivity (Wildman–Crippen MR) is 82.2 cm³/mol. The Morgan fingerprint density at radius 2 is 2.38 bits per heavy atom. The number of carbonyl (C=O) groups excluding carboxylic acids is 1. The first-order valence-electron chi connectivity index (χ1n) is 6.33. The third-order valence-corrected chi connectivity index (χ3v) is 5.63. The molecule has 1 atom stereocenters. The number of carboxylic acids is 1. The molecule has 3 heterocycles. The molecule has 8 heteroatoms. The van der Waals surface area contributed by atoms with Gasteiger partial charge in [0.1, 0.15) is 5.37 Å². The maximum Gasteiger partial charge on any atom is 0.354 e. The SMILES string of the molecule is CCSC1=C(C(=O)O)N2C(=O)C(=Cc3cnn(C)c3)[C@@H]2S1. The third kappa shape index (κ3) is 2.28. The molecular formula is C13H13N3O3S2. The van der Waals surface area contributed by atoms with Crippen molar-refractivity contribution in [1.29, 1.82) is 0 Å². The van der Waals surface area contributed by atoms with Crippen LogP contribution in [0.25, 0.3) is 6.08 Å². The highest BCUT2D eigenvalue weighted by atomic mass is 32.2. The zero-order valence-corrected chi connectivity index (χ0v) is 13.1. The van der Waals surface area contributed by atoms with E-state index < -0.39 is 5.97 Å². The molecule has 1 aromatic heterocycles. The molecule has 0 aromatic carbocycles. The van der Waals surface area contributed by atoms with Crippen molar-refractivity contribution in [2.45, 2.75) is 12.3 Å². The zero-order valence-electron chi connectivity index (χ0n) is 11.4. The van der Waals surface area contributed by atoms with Gasteiger partial charge in [0.05, 0.1) is 16.0 Å². The van der Waals surface area contributed by atoms with E-state index in [0.717, 1.165) is 11.3 Å². The van der Waals surface area contributed by atoms with Gasteiger partial charge in [-0.3, -0.25) is 14.4 Å². The Hall–Kier alpha value is -1.67. The highest BCUT2D eigenvalue weighted by molar-refractivity contribution is 8.22. The molecule has 2 aliphatic heterocycles. The van der Waals surface area contributed by atoms with Gasteiger partial charge in [-0.05, 0) is 11.8 Å². The zero-order chi connectivity index (χ0) is 15.1. The average molecular weight is 323 g/mol. The minimum absolute atomic E-state index is 0.116. The first-order chi connectivity index (χ1) is 10.0. The number of aromatic nitrogens is 2. The highest BCUT2D eigenvalue weighted by Gasteiger charge is 2.52. The van der Waals surface area contributed by atoms with E-state index in [1.54, 1.807) is 24.0 Å². The van der Waals surface area contributed by atoms with Gasteiger partial charge in [0.25, 0.3) is 5.91 Å². The fourth-order valence-electron chi connectivity index (χ4n) is 2.27. The summed E-state index contributed by atoms with van der Waals surface area (Å²) in [6.45, 7) is 1.96. The molecule has 21 heavy (non-hydrogen) atoms. The number of fused-ring (bicyclic) bond motifs is 1. The van der Waals surface area contributed by atoms with Crippen molar-refractivity contribution < 1.29 is 14.7 Å². The number of nitrogens with zero attached hydrogens (tertiary/aromatic N) is 3. The van der Waals surface area contributed by atoms with Crippen LogP contribution in [0.15, 0.2) is 27.9 Å². The molecule has 0 radical (unpaired) electrons. The van der Waals surface area contributed by atoms with Crippen LogP contribution in [0.4, 0.5) is 0 Å². The van der Waals surface area contributed by atoms with E-state index in [1.807, 2.05) is 13.1 Å². The lowest BCUT2D eigenvalue weighted by Crippen LogP contribution is -2.51. The molecule has 0 bridgehead atoms. The first kappa shape index (κ1) is 14.3. The minimum atomic E-state index is -1.05. The Morgan fingerprint density at radius 3 is 2.95 bits per heavy atom. The van der Waals surface area contributed by atoms with Crippen LogP contribution < -0.4 is 0 Å². The second kappa shape index (κ2) is 5.27. The van der Waals surface area contributed by atoms with Gasteiger partial charge in [0.2, 0.25) is 0 Å². The number of rotatable bonds is 4. The van der Waals surface area contributed by atoms with E-state index in [2.05, 4.69) is 5.10 Å². The number of aliphatic carboxylic acids is 1. The summed E-state index contributed by atoms with van der Waals surface area (Å²) in [5.41, 5.74) is 1.58. The fraction of sp³-hybridized carbons (Fsp3) is 0.308. The number of carboxylic acid groups (broad SMARTS) is 1. The molecule has 6 nitrogen and oxygen atoms in total. The van der Waals surface area contributed by atoms with Crippen LogP contribution in [0.3, 0.4) is 0 Å². The quantitative estimate of drug-likeness (QED) is 0.672. The monoisotopic (exact) mass is 323 g/mol. The molecule has 0 aliphatic carbocycles. The Bertz CT molecular complexity index is 693. The molecule has 1 fully saturated rings. The van der Waals surface area contributed by atoms with Gasteiger partial charge in [0.15, 0.2) is 5.70 Å². The summed E-state index contributed by atoms with van der Waals surface area (Å²) >= 11 is 2.89. The van der Waals surface area contributed by atoms with Crippen LogP contribution in [0.1, 0.15) is 12.5 Å².